The van der Waals surface area contributed by atoms with Crippen LogP contribution in [0.15, 0.2) is 0 Å². The third-order valence-corrected chi connectivity index (χ3v) is 7.24. The minimum absolute atomic E-state index is 0.0713. The minimum atomic E-state index is -0.0713. The molecule has 2 heterocycles. The molecule has 0 spiro atoms. The van der Waals surface area contributed by atoms with Gasteiger partial charge < -0.3 is 20.6 Å². The van der Waals surface area contributed by atoms with Crippen molar-refractivity contribution in [1.29, 1.82) is 0 Å². The van der Waals surface area contributed by atoms with Gasteiger partial charge in [-0.25, -0.2) is 0 Å². The van der Waals surface area contributed by atoms with Gasteiger partial charge in [-0.1, -0.05) is 6.42 Å². The van der Waals surface area contributed by atoms with E-state index in [1.54, 1.807) is 0 Å². The number of aliphatic hydroxyl groups excluding tert-OH is 1. The van der Waals surface area contributed by atoms with Crippen LogP contribution in [0.4, 0.5) is 0 Å². The Morgan fingerprint density at radius 2 is 1.68 bits per heavy atom. The Kier molecular flexibility index (Phi) is 5.63. The first kappa shape index (κ1) is 17.7. The third-order valence-electron chi connectivity index (χ3n) is 7.24. The minimum Gasteiger partial charge on any atom is -0.393 e. The summed E-state index contributed by atoms with van der Waals surface area (Å²) >= 11 is 0. The smallest absolute Gasteiger partial charge is 0.225 e. The summed E-state index contributed by atoms with van der Waals surface area (Å²) in [4.78, 5) is 14.5. The molecule has 1 atom stereocenters. The Morgan fingerprint density at radius 1 is 1.00 bits per heavy atom. The summed E-state index contributed by atoms with van der Waals surface area (Å²) in [5.41, 5.74) is 0. The molecule has 2 saturated heterocycles. The predicted molar refractivity (Wildman–Crippen MR) is 98.2 cm³/mol. The van der Waals surface area contributed by atoms with E-state index < -0.39 is 0 Å². The number of carbonyl (C=O) groups excluding carboxylic acids is 1. The van der Waals surface area contributed by atoms with Gasteiger partial charge in [-0.15, -0.1) is 0 Å². The van der Waals surface area contributed by atoms with Crippen LogP contribution in [0.25, 0.3) is 0 Å². The van der Waals surface area contributed by atoms with Gasteiger partial charge >= 0.3 is 0 Å². The van der Waals surface area contributed by atoms with Crippen LogP contribution in [0.5, 0.6) is 0 Å². The number of aliphatic hydroxyl groups is 1. The van der Waals surface area contributed by atoms with Crippen LogP contribution < -0.4 is 10.6 Å². The van der Waals surface area contributed by atoms with Crippen molar-refractivity contribution in [3.8, 4) is 0 Å². The molecule has 2 saturated carbocycles. The standard InChI is InChI=1S/C20H35N3O2/c24-18-12-16(13-18)19(14-4-8-21-9-5-14)22-17-6-10-23(11-7-17)20(25)15-2-1-3-15/h14-19,21-22,24H,1-13H2/t16?,18?,19-/m1/s1. The average molecular weight is 350 g/mol. The summed E-state index contributed by atoms with van der Waals surface area (Å²) in [5, 5.41) is 17.2. The molecular formula is C20H35N3O2. The number of piperidine rings is 2. The number of nitrogens with zero attached hydrogens (tertiary/aromatic N) is 1. The van der Waals surface area contributed by atoms with Gasteiger partial charge in [0.15, 0.2) is 0 Å². The normalized spacial score (nSPS) is 33.6. The van der Waals surface area contributed by atoms with Crippen LogP contribution in [0.3, 0.4) is 0 Å². The molecule has 2 aliphatic carbocycles. The van der Waals surface area contributed by atoms with Crippen molar-refractivity contribution in [2.45, 2.75) is 76.0 Å². The number of carbonyl (C=O) groups is 1. The van der Waals surface area contributed by atoms with Crippen LogP contribution in [0.2, 0.25) is 0 Å². The van der Waals surface area contributed by atoms with Gasteiger partial charge in [-0.05, 0) is 76.3 Å². The van der Waals surface area contributed by atoms with Crippen LogP contribution in [0.1, 0.15) is 57.8 Å². The summed E-state index contributed by atoms with van der Waals surface area (Å²) in [6.45, 7) is 4.12. The summed E-state index contributed by atoms with van der Waals surface area (Å²) in [6.07, 6.45) is 10.0. The van der Waals surface area contributed by atoms with Crippen molar-refractivity contribution >= 4 is 5.91 Å². The van der Waals surface area contributed by atoms with Gasteiger partial charge in [0, 0.05) is 31.1 Å². The van der Waals surface area contributed by atoms with Crippen molar-refractivity contribution in [3.63, 3.8) is 0 Å². The predicted octanol–water partition coefficient (Wildman–Crippen LogP) is 1.51. The van der Waals surface area contributed by atoms with Crippen molar-refractivity contribution in [2.75, 3.05) is 26.2 Å². The van der Waals surface area contributed by atoms with Gasteiger partial charge in [0.2, 0.25) is 5.91 Å². The number of hydrogen-bond donors (Lipinski definition) is 3. The van der Waals surface area contributed by atoms with Crippen LogP contribution in [-0.4, -0.2) is 60.3 Å². The highest BCUT2D eigenvalue weighted by molar-refractivity contribution is 5.79. The lowest BCUT2D eigenvalue weighted by molar-refractivity contribution is -0.139. The fourth-order valence-corrected chi connectivity index (χ4v) is 5.24. The maximum absolute atomic E-state index is 12.4. The van der Waals surface area contributed by atoms with E-state index in [0.717, 1.165) is 70.6 Å². The van der Waals surface area contributed by atoms with Crippen LogP contribution in [0, 0.1) is 17.8 Å². The highest BCUT2D eigenvalue weighted by atomic mass is 16.3. The molecule has 25 heavy (non-hydrogen) atoms. The van der Waals surface area contributed by atoms with Crippen molar-refractivity contribution in [2.24, 2.45) is 17.8 Å². The summed E-state index contributed by atoms with van der Waals surface area (Å²) in [5.74, 6) is 2.14. The number of rotatable bonds is 5. The van der Waals surface area contributed by atoms with Gasteiger partial charge in [-0.2, -0.15) is 0 Å². The van der Waals surface area contributed by atoms with E-state index in [9.17, 15) is 9.90 Å². The Morgan fingerprint density at radius 3 is 2.24 bits per heavy atom. The van der Waals surface area contributed by atoms with Gasteiger partial charge in [0.25, 0.3) is 0 Å². The maximum atomic E-state index is 12.4. The molecular weight excluding hydrogens is 314 g/mol. The van der Waals surface area contributed by atoms with E-state index in [-0.39, 0.29) is 6.10 Å². The molecule has 0 aromatic carbocycles. The molecule has 4 fully saturated rings. The van der Waals surface area contributed by atoms with Gasteiger partial charge in [-0.3, -0.25) is 4.79 Å². The first-order chi connectivity index (χ1) is 12.2. The maximum Gasteiger partial charge on any atom is 0.225 e. The molecule has 5 heteroatoms. The molecule has 3 N–H and O–H groups in total. The molecule has 5 nitrogen and oxygen atoms in total. The molecule has 0 aromatic heterocycles. The zero-order chi connectivity index (χ0) is 17.2. The van der Waals surface area contributed by atoms with E-state index in [0.29, 0.717) is 29.8 Å². The largest absolute Gasteiger partial charge is 0.393 e. The Hall–Kier alpha value is -0.650. The number of nitrogens with one attached hydrogen (secondary N) is 2. The lowest BCUT2D eigenvalue weighted by Crippen LogP contribution is -2.56. The van der Waals surface area contributed by atoms with E-state index in [1.807, 2.05) is 0 Å². The second kappa shape index (κ2) is 7.93. The second-order valence-electron chi connectivity index (χ2n) is 8.89. The van der Waals surface area contributed by atoms with Gasteiger partial charge in [0.1, 0.15) is 0 Å². The van der Waals surface area contributed by atoms with Crippen molar-refractivity contribution < 1.29 is 9.90 Å². The molecule has 1 amide bonds. The van der Waals surface area contributed by atoms with Crippen LogP contribution >= 0.6 is 0 Å². The highest BCUT2D eigenvalue weighted by Crippen LogP contribution is 2.36. The topological polar surface area (TPSA) is 64.6 Å². The molecule has 0 bridgehead atoms. The molecule has 4 aliphatic rings. The molecule has 142 valence electrons. The fraction of sp³-hybridized carbons (Fsp3) is 0.950. The molecule has 4 rings (SSSR count). The first-order valence-electron chi connectivity index (χ1n) is 10.6. The van der Waals surface area contributed by atoms with E-state index >= 15 is 0 Å². The van der Waals surface area contributed by atoms with E-state index in [2.05, 4.69) is 15.5 Å². The Bertz CT molecular complexity index is 448. The van der Waals surface area contributed by atoms with E-state index in [1.165, 1.54) is 19.3 Å². The second-order valence-corrected chi connectivity index (χ2v) is 8.89. The lowest BCUT2D eigenvalue weighted by atomic mass is 9.70. The van der Waals surface area contributed by atoms with Crippen molar-refractivity contribution in [1.82, 2.24) is 15.5 Å². The average Bonchev–Trinajstić information content (AvgIpc) is 2.57. The number of hydrogen-bond acceptors (Lipinski definition) is 4. The quantitative estimate of drug-likeness (QED) is 0.704. The summed E-state index contributed by atoms with van der Waals surface area (Å²) in [6, 6.07) is 1.10. The molecule has 0 aromatic rings. The third kappa shape index (κ3) is 4.04. The van der Waals surface area contributed by atoms with Gasteiger partial charge in [0.05, 0.1) is 6.10 Å². The fourth-order valence-electron chi connectivity index (χ4n) is 5.24. The first-order valence-corrected chi connectivity index (χ1v) is 10.6. The zero-order valence-corrected chi connectivity index (χ0v) is 15.5. The number of likely N-dealkylation sites (tertiary alicyclic amines) is 1. The highest BCUT2D eigenvalue weighted by Gasteiger charge is 2.40. The summed E-state index contributed by atoms with van der Waals surface area (Å²) < 4.78 is 0. The SMILES string of the molecule is O=C(C1CCC1)N1CCC(N[C@H](C2CCNCC2)C2CC(O)C2)CC1. The molecule has 0 unspecified atom stereocenters. The van der Waals surface area contributed by atoms with Crippen LogP contribution in [-0.2, 0) is 4.79 Å². The lowest BCUT2D eigenvalue weighted by Gasteiger charge is -2.46. The Balaban J connectivity index is 1.29. The monoisotopic (exact) mass is 349 g/mol. The van der Waals surface area contributed by atoms with Crippen molar-refractivity contribution in [3.05, 3.63) is 0 Å². The van der Waals surface area contributed by atoms with E-state index in [4.69, 9.17) is 0 Å². The zero-order valence-electron chi connectivity index (χ0n) is 15.5. The molecule has 2 aliphatic heterocycles. The molecule has 0 radical (unpaired) electrons. The number of amides is 1. The Labute approximate surface area is 151 Å². The summed E-state index contributed by atoms with van der Waals surface area (Å²) in [7, 11) is 0.